The fraction of sp³-hybridized carbons (Fsp3) is 0.424. The summed E-state index contributed by atoms with van der Waals surface area (Å²) in [6, 6.07) is 15.7. The van der Waals surface area contributed by atoms with E-state index in [1.54, 1.807) is 6.20 Å². The van der Waals surface area contributed by atoms with Gasteiger partial charge in [0.2, 0.25) is 5.78 Å². The molecular formula is C33H38N2O4. The molecule has 2 aliphatic carbocycles. The van der Waals surface area contributed by atoms with Crippen molar-refractivity contribution in [1.82, 2.24) is 9.88 Å². The molecule has 2 fully saturated rings. The minimum atomic E-state index is -0.238. The van der Waals surface area contributed by atoms with Crippen molar-refractivity contribution in [2.45, 2.75) is 77.2 Å². The number of nitrogens with zero attached hydrogens (tertiary/aromatic N) is 1. The summed E-state index contributed by atoms with van der Waals surface area (Å²) in [5.41, 5.74) is 5.59. The van der Waals surface area contributed by atoms with Crippen LogP contribution in [0.5, 0.6) is 0 Å². The van der Waals surface area contributed by atoms with Crippen molar-refractivity contribution >= 4 is 17.7 Å². The fourth-order valence-corrected chi connectivity index (χ4v) is 5.40. The van der Waals surface area contributed by atoms with Gasteiger partial charge in [-0.3, -0.25) is 14.4 Å². The number of hydrogen-bond acceptors (Lipinski definition) is 4. The molecular weight excluding hydrogens is 488 g/mol. The average molecular weight is 527 g/mol. The Labute approximate surface area is 230 Å². The van der Waals surface area contributed by atoms with Crippen LogP contribution < -0.4 is 5.32 Å². The summed E-state index contributed by atoms with van der Waals surface area (Å²) in [4.78, 5) is 39.2. The Hall–Kier alpha value is -3.67. The highest BCUT2D eigenvalue weighted by Gasteiger charge is 2.40. The van der Waals surface area contributed by atoms with Crippen molar-refractivity contribution in [3.63, 3.8) is 0 Å². The standard InChI is InChI=1S/C33H38N2O4/c1-20-27(30(37)34-25-14-22(15-25)31(38)39-6)19-35(28(20)29(36)21-10-8-7-9-11-21)26-17-23(32(2,3)4)16-24(18-26)33(5)12-13-33/h7-11,16-19,22,25H,12-15H2,1-6H3,(H,34,37). The van der Waals surface area contributed by atoms with E-state index in [2.05, 4.69) is 51.2 Å². The SMILES string of the molecule is COC(=O)C1CC(NC(=O)c2cn(-c3cc(C(C)(C)C)cc(C4(C)CC4)c3)c(C(=O)c3ccccc3)c2C)C1. The van der Waals surface area contributed by atoms with E-state index in [1.165, 1.54) is 18.2 Å². The molecule has 3 aromatic rings. The Morgan fingerprint density at radius 1 is 1.03 bits per heavy atom. The zero-order valence-corrected chi connectivity index (χ0v) is 23.8. The number of aromatic nitrogens is 1. The quantitative estimate of drug-likeness (QED) is 0.300. The average Bonchev–Trinajstić information content (AvgIpc) is 3.55. The zero-order chi connectivity index (χ0) is 28.1. The van der Waals surface area contributed by atoms with Crippen LogP contribution in [0, 0.1) is 12.8 Å². The molecule has 6 nitrogen and oxygen atoms in total. The summed E-state index contributed by atoms with van der Waals surface area (Å²) in [7, 11) is 1.38. The molecule has 0 bridgehead atoms. The molecule has 1 amide bonds. The number of rotatable bonds is 7. The number of esters is 1. The van der Waals surface area contributed by atoms with Crippen molar-refractivity contribution < 1.29 is 19.1 Å². The van der Waals surface area contributed by atoms with Gasteiger partial charge in [-0.15, -0.1) is 0 Å². The van der Waals surface area contributed by atoms with E-state index in [0.717, 1.165) is 18.5 Å². The fourth-order valence-electron chi connectivity index (χ4n) is 5.40. The van der Waals surface area contributed by atoms with Crippen LogP contribution in [0.3, 0.4) is 0 Å². The summed E-state index contributed by atoms with van der Waals surface area (Å²) < 4.78 is 6.73. The van der Waals surface area contributed by atoms with Crippen molar-refractivity contribution in [3.05, 3.63) is 88.2 Å². The lowest BCUT2D eigenvalue weighted by Gasteiger charge is -2.33. The van der Waals surface area contributed by atoms with Gasteiger partial charge in [0, 0.05) is 23.5 Å². The number of benzene rings is 2. The molecule has 39 heavy (non-hydrogen) atoms. The number of amides is 1. The lowest BCUT2D eigenvalue weighted by Crippen LogP contribution is -2.47. The predicted octanol–water partition coefficient (Wildman–Crippen LogP) is 6.05. The Morgan fingerprint density at radius 2 is 1.69 bits per heavy atom. The molecule has 2 saturated carbocycles. The summed E-state index contributed by atoms with van der Waals surface area (Å²) >= 11 is 0. The lowest BCUT2D eigenvalue weighted by atomic mass is 9.80. The van der Waals surface area contributed by atoms with Gasteiger partial charge in [-0.05, 0) is 72.3 Å². The molecule has 0 aliphatic heterocycles. The highest BCUT2D eigenvalue weighted by molar-refractivity contribution is 6.11. The molecule has 0 spiro atoms. The molecule has 2 aliphatic rings. The number of ether oxygens (including phenoxy) is 1. The van der Waals surface area contributed by atoms with E-state index in [9.17, 15) is 14.4 Å². The number of carbonyl (C=O) groups is 3. The van der Waals surface area contributed by atoms with Crippen molar-refractivity contribution in [1.29, 1.82) is 0 Å². The Balaban J connectivity index is 1.58. The number of methoxy groups -OCH3 is 1. The second-order valence-corrected chi connectivity index (χ2v) is 12.5. The van der Waals surface area contributed by atoms with Gasteiger partial charge < -0.3 is 14.6 Å². The van der Waals surface area contributed by atoms with E-state index in [0.29, 0.717) is 35.2 Å². The minimum absolute atomic E-state index is 0.0809. The third-order valence-electron chi connectivity index (χ3n) is 8.52. The van der Waals surface area contributed by atoms with Crippen LogP contribution in [-0.4, -0.2) is 35.4 Å². The van der Waals surface area contributed by atoms with Gasteiger partial charge in [0.25, 0.3) is 5.91 Å². The maximum Gasteiger partial charge on any atom is 0.308 e. The van der Waals surface area contributed by atoms with Crippen LogP contribution in [0.25, 0.3) is 5.69 Å². The largest absolute Gasteiger partial charge is 0.469 e. The monoisotopic (exact) mass is 526 g/mol. The first-order valence-corrected chi connectivity index (χ1v) is 13.8. The molecule has 1 heterocycles. The Bertz CT molecular complexity index is 1410. The third-order valence-corrected chi connectivity index (χ3v) is 8.52. The van der Waals surface area contributed by atoms with Crippen LogP contribution in [-0.2, 0) is 20.4 Å². The van der Waals surface area contributed by atoms with Crippen LogP contribution in [0.2, 0.25) is 0 Å². The third kappa shape index (κ3) is 5.17. The molecule has 1 aromatic heterocycles. The van der Waals surface area contributed by atoms with Gasteiger partial charge in [-0.2, -0.15) is 0 Å². The topological polar surface area (TPSA) is 77.4 Å². The molecule has 5 rings (SSSR count). The van der Waals surface area contributed by atoms with Gasteiger partial charge in [0.1, 0.15) is 0 Å². The Kier molecular flexibility index (Phi) is 6.78. The molecule has 1 N–H and O–H groups in total. The van der Waals surface area contributed by atoms with E-state index >= 15 is 0 Å². The smallest absolute Gasteiger partial charge is 0.308 e. The van der Waals surface area contributed by atoms with Gasteiger partial charge in [-0.25, -0.2) is 0 Å². The maximum absolute atomic E-state index is 13.9. The second kappa shape index (κ2) is 9.82. The number of ketones is 1. The molecule has 6 heteroatoms. The summed E-state index contributed by atoms with van der Waals surface area (Å²) in [6.45, 7) is 10.7. The van der Waals surface area contributed by atoms with Crippen molar-refractivity contribution in [2.75, 3.05) is 7.11 Å². The maximum atomic E-state index is 13.9. The first kappa shape index (κ1) is 26.9. The summed E-state index contributed by atoms with van der Waals surface area (Å²) in [5.74, 6) is -0.772. The lowest BCUT2D eigenvalue weighted by molar-refractivity contribution is -0.149. The van der Waals surface area contributed by atoms with Gasteiger partial charge in [-0.1, -0.05) is 64.1 Å². The Morgan fingerprint density at radius 3 is 2.28 bits per heavy atom. The van der Waals surface area contributed by atoms with Gasteiger partial charge in [0.05, 0.1) is 24.3 Å². The molecule has 0 radical (unpaired) electrons. The van der Waals surface area contributed by atoms with E-state index in [4.69, 9.17) is 4.74 Å². The molecule has 0 saturated heterocycles. The molecule has 0 atom stereocenters. The minimum Gasteiger partial charge on any atom is -0.469 e. The zero-order valence-electron chi connectivity index (χ0n) is 23.8. The number of carbonyl (C=O) groups excluding carboxylic acids is 3. The van der Waals surface area contributed by atoms with Crippen LogP contribution in [0.15, 0.2) is 54.7 Å². The second-order valence-electron chi connectivity index (χ2n) is 12.5. The predicted molar refractivity (Wildman–Crippen MR) is 152 cm³/mol. The number of hydrogen-bond donors (Lipinski definition) is 1. The molecule has 2 aromatic carbocycles. The van der Waals surface area contributed by atoms with Crippen LogP contribution in [0.1, 0.15) is 96.5 Å². The van der Waals surface area contributed by atoms with Crippen LogP contribution in [0.4, 0.5) is 0 Å². The van der Waals surface area contributed by atoms with E-state index < -0.39 is 0 Å². The summed E-state index contributed by atoms with van der Waals surface area (Å²) in [6.07, 6.45) is 5.20. The summed E-state index contributed by atoms with van der Waals surface area (Å²) in [5, 5.41) is 3.06. The normalized spacial score (nSPS) is 19.6. The van der Waals surface area contributed by atoms with Crippen molar-refractivity contribution in [2.24, 2.45) is 5.92 Å². The van der Waals surface area contributed by atoms with Crippen molar-refractivity contribution in [3.8, 4) is 5.69 Å². The van der Waals surface area contributed by atoms with Gasteiger partial charge >= 0.3 is 5.97 Å². The first-order valence-electron chi connectivity index (χ1n) is 13.8. The first-order chi connectivity index (χ1) is 18.4. The molecule has 204 valence electrons. The van der Waals surface area contributed by atoms with Gasteiger partial charge in [0.15, 0.2) is 0 Å². The van der Waals surface area contributed by atoms with E-state index in [-0.39, 0.29) is 40.4 Å². The van der Waals surface area contributed by atoms with E-state index in [1.807, 2.05) is 41.8 Å². The highest BCUT2D eigenvalue weighted by Crippen LogP contribution is 2.49. The number of nitrogens with one attached hydrogen (secondary N) is 1. The highest BCUT2D eigenvalue weighted by atomic mass is 16.5. The molecule has 0 unspecified atom stereocenters. The van der Waals surface area contributed by atoms with Crippen LogP contribution >= 0.6 is 0 Å².